The van der Waals surface area contributed by atoms with Crippen molar-refractivity contribution < 1.29 is 19.4 Å². The standard InChI is InChI=1S/C19H25N3O4/c23-15-7-13(8-15)19(25)22-6-3-16-14(10-22)11-26-17(16)9-21-18(24)12-1-4-20-5-2-12/h1-2,4-5,13-17,23H,3,6-11H2,(H,21,24)/t13?,14-,15?,16-,17-/m0/s1. The molecule has 3 atom stereocenters. The van der Waals surface area contributed by atoms with E-state index in [2.05, 4.69) is 10.3 Å². The van der Waals surface area contributed by atoms with Crippen LogP contribution in [-0.4, -0.2) is 65.3 Å². The van der Waals surface area contributed by atoms with Crippen molar-refractivity contribution in [1.29, 1.82) is 0 Å². The SMILES string of the molecule is O=C(NC[C@@H]1OC[C@@H]2CN(C(=O)C3CC(O)C3)CC[C@@H]21)c1ccncc1. The highest BCUT2D eigenvalue weighted by Crippen LogP contribution is 2.36. The maximum Gasteiger partial charge on any atom is 0.251 e. The number of fused-ring (bicyclic) bond motifs is 1. The molecule has 2 saturated heterocycles. The number of pyridine rings is 1. The molecule has 1 aromatic heterocycles. The number of aliphatic hydroxyl groups excluding tert-OH is 1. The van der Waals surface area contributed by atoms with Gasteiger partial charge in [-0.2, -0.15) is 0 Å². The molecule has 2 aliphatic heterocycles. The molecule has 7 nitrogen and oxygen atoms in total. The number of carbonyl (C=O) groups excluding carboxylic acids is 2. The lowest BCUT2D eigenvalue weighted by atomic mass is 9.79. The first-order chi connectivity index (χ1) is 12.6. The molecule has 3 fully saturated rings. The summed E-state index contributed by atoms with van der Waals surface area (Å²) in [6.07, 6.45) is 5.02. The third-order valence-corrected chi connectivity index (χ3v) is 5.98. The lowest BCUT2D eigenvalue weighted by Gasteiger charge is -2.40. The van der Waals surface area contributed by atoms with Gasteiger partial charge in [-0.25, -0.2) is 0 Å². The Hall–Kier alpha value is -1.99. The molecule has 3 heterocycles. The highest BCUT2D eigenvalue weighted by Gasteiger charge is 2.44. The van der Waals surface area contributed by atoms with Gasteiger partial charge in [0.15, 0.2) is 0 Å². The van der Waals surface area contributed by atoms with Gasteiger partial charge in [-0.05, 0) is 37.3 Å². The second-order valence-corrected chi connectivity index (χ2v) is 7.64. The quantitative estimate of drug-likeness (QED) is 0.814. The number of amides is 2. The Morgan fingerprint density at radius 1 is 1.31 bits per heavy atom. The summed E-state index contributed by atoms with van der Waals surface area (Å²) in [5, 5.41) is 12.4. The van der Waals surface area contributed by atoms with Crippen molar-refractivity contribution in [2.24, 2.45) is 17.8 Å². The van der Waals surface area contributed by atoms with Crippen molar-refractivity contribution in [2.45, 2.75) is 31.5 Å². The number of nitrogens with one attached hydrogen (secondary N) is 1. The molecule has 2 amide bonds. The average molecular weight is 359 g/mol. The summed E-state index contributed by atoms with van der Waals surface area (Å²) in [5.74, 6) is 0.780. The lowest BCUT2D eigenvalue weighted by Crippen LogP contribution is -2.50. The summed E-state index contributed by atoms with van der Waals surface area (Å²) in [6, 6.07) is 3.38. The van der Waals surface area contributed by atoms with Crippen LogP contribution in [0.25, 0.3) is 0 Å². The highest BCUT2D eigenvalue weighted by molar-refractivity contribution is 5.93. The Labute approximate surface area is 152 Å². The van der Waals surface area contributed by atoms with E-state index in [1.807, 2.05) is 4.90 Å². The Kier molecular flexibility index (Phi) is 4.91. The molecule has 0 aromatic carbocycles. The van der Waals surface area contributed by atoms with Gasteiger partial charge in [0, 0.05) is 49.4 Å². The minimum absolute atomic E-state index is 0.000631. The van der Waals surface area contributed by atoms with E-state index in [4.69, 9.17) is 4.74 Å². The number of rotatable bonds is 4. The fourth-order valence-electron chi connectivity index (χ4n) is 4.34. The third kappa shape index (κ3) is 3.46. The smallest absolute Gasteiger partial charge is 0.251 e. The first-order valence-electron chi connectivity index (χ1n) is 9.38. The van der Waals surface area contributed by atoms with Crippen LogP contribution in [-0.2, 0) is 9.53 Å². The lowest BCUT2D eigenvalue weighted by molar-refractivity contribution is -0.144. The van der Waals surface area contributed by atoms with E-state index in [-0.39, 0.29) is 29.9 Å². The number of piperidine rings is 1. The van der Waals surface area contributed by atoms with E-state index >= 15 is 0 Å². The van der Waals surface area contributed by atoms with E-state index in [1.165, 1.54) is 0 Å². The Bertz CT molecular complexity index is 662. The van der Waals surface area contributed by atoms with E-state index < -0.39 is 0 Å². The van der Waals surface area contributed by atoms with Gasteiger partial charge >= 0.3 is 0 Å². The van der Waals surface area contributed by atoms with Crippen LogP contribution in [0.3, 0.4) is 0 Å². The van der Waals surface area contributed by atoms with Gasteiger partial charge in [0.1, 0.15) is 0 Å². The molecule has 2 N–H and O–H groups in total. The molecule has 0 radical (unpaired) electrons. The van der Waals surface area contributed by atoms with E-state index in [0.29, 0.717) is 43.4 Å². The molecular weight excluding hydrogens is 334 g/mol. The van der Waals surface area contributed by atoms with Crippen LogP contribution < -0.4 is 5.32 Å². The van der Waals surface area contributed by atoms with Crippen molar-refractivity contribution in [3.05, 3.63) is 30.1 Å². The molecule has 1 aliphatic carbocycles. The third-order valence-electron chi connectivity index (χ3n) is 5.98. The Balaban J connectivity index is 1.27. The maximum atomic E-state index is 12.5. The van der Waals surface area contributed by atoms with Crippen LogP contribution >= 0.6 is 0 Å². The van der Waals surface area contributed by atoms with E-state index in [0.717, 1.165) is 19.5 Å². The average Bonchev–Trinajstić information content (AvgIpc) is 3.06. The summed E-state index contributed by atoms with van der Waals surface area (Å²) in [7, 11) is 0. The number of nitrogens with zero attached hydrogens (tertiary/aromatic N) is 2. The molecule has 0 unspecified atom stereocenters. The van der Waals surface area contributed by atoms with Crippen LogP contribution in [0, 0.1) is 17.8 Å². The monoisotopic (exact) mass is 359 g/mol. The highest BCUT2D eigenvalue weighted by atomic mass is 16.5. The first kappa shape index (κ1) is 17.4. The zero-order valence-electron chi connectivity index (χ0n) is 14.7. The molecule has 0 spiro atoms. The summed E-state index contributed by atoms with van der Waals surface area (Å²) in [6.45, 7) is 2.60. The molecule has 3 aliphatic rings. The zero-order chi connectivity index (χ0) is 18.1. The van der Waals surface area contributed by atoms with Gasteiger partial charge in [0.2, 0.25) is 5.91 Å². The van der Waals surface area contributed by atoms with Gasteiger partial charge in [0.25, 0.3) is 5.91 Å². The van der Waals surface area contributed by atoms with Gasteiger partial charge in [0.05, 0.1) is 18.8 Å². The van der Waals surface area contributed by atoms with Crippen molar-refractivity contribution in [1.82, 2.24) is 15.2 Å². The predicted octanol–water partition coefficient (Wildman–Crippen LogP) is 0.446. The van der Waals surface area contributed by atoms with Crippen molar-refractivity contribution in [2.75, 3.05) is 26.2 Å². The fourth-order valence-corrected chi connectivity index (χ4v) is 4.34. The number of aliphatic hydroxyl groups is 1. The van der Waals surface area contributed by atoms with Crippen LogP contribution in [0.2, 0.25) is 0 Å². The minimum Gasteiger partial charge on any atom is -0.393 e. The Morgan fingerprint density at radius 2 is 2.08 bits per heavy atom. The van der Waals surface area contributed by atoms with Crippen LogP contribution in [0.15, 0.2) is 24.5 Å². The van der Waals surface area contributed by atoms with Gasteiger partial charge in [-0.15, -0.1) is 0 Å². The number of ether oxygens (including phenoxy) is 1. The molecule has 1 aromatic rings. The maximum absolute atomic E-state index is 12.5. The van der Waals surface area contributed by atoms with Gasteiger partial charge in [-0.1, -0.05) is 0 Å². The molecular formula is C19H25N3O4. The second-order valence-electron chi connectivity index (χ2n) is 7.64. The summed E-state index contributed by atoms with van der Waals surface area (Å²) in [4.78, 5) is 30.5. The fraction of sp³-hybridized carbons (Fsp3) is 0.632. The van der Waals surface area contributed by atoms with Crippen LogP contribution in [0.4, 0.5) is 0 Å². The van der Waals surface area contributed by atoms with E-state index in [9.17, 15) is 14.7 Å². The van der Waals surface area contributed by atoms with Crippen molar-refractivity contribution >= 4 is 11.8 Å². The summed E-state index contributed by atoms with van der Waals surface area (Å²) < 4.78 is 5.93. The van der Waals surface area contributed by atoms with Crippen LogP contribution in [0.1, 0.15) is 29.6 Å². The van der Waals surface area contributed by atoms with E-state index in [1.54, 1.807) is 24.5 Å². The largest absolute Gasteiger partial charge is 0.393 e. The Morgan fingerprint density at radius 3 is 2.81 bits per heavy atom. The van der Waals surface area contributed by atoms with Gasteiger partial charge in [-0.3, -0.25) is 14.6 Å². The van der Waals surface area contributed by atoms with Crippen molar-refractivity contribution in [3.8, 4) is 0 Å². The predicted molar refractivity (Wildman–Crippen MR) is 93.2 cm³/mol. The summed E-state index contributed by atoms with van der Waals surface area (Å²) >= 11 is 0. The molecule has 0 bridgehead atoms. The van der Waals surface area contributed by atoms with Gasteiger partial charge < -0.3 is 20.1 Å². The molecule has 26 heavy (non-hydrogen) atoms. The minimum atomic E-state index is -0.301. The summed E-state index contributed by atoms with van der Waals surface area (Å²) in [5.41, 5.74) is 0.595. The zero-order valence-corrected chi connectivity index (χ0v) is 14.7. The number of aromatic nitrogens is 1. The number of hydrogen-bond donors (Lipinski definition) is 2. The topological polar surface area (TPSA) is 91.8 Å². The molecule has 7 heteroatoms. The second kappa shape index (κ2) is 7.32. The number of hydrogen-bond acceptors (Lipinski definition) is 5. The molecule has 140 valence electrons. The first-order valence-corrected chi connectivity index (χ1v) is 9.38. The van der Waals surface area contributed by atoms with Crippen molar-refractivity contribution in [3.63, 3.8) is 0 Å². The molecule has 1 saturated carbocycles. The molecule has 4 rings (SSSR count). The normalized spacial score (nSPS) is 33.3. The number of likely N-dealkylation sites (tertiary alicyclic amines) is 1. The number of carbonyl (C=O) groups is 2. The van der Waals surface area contributed by atoms with Crippen LogP contribution in [0.5, 0.6) is 0 Å².